The maximum atomic E-state index is 12.3. The topological polar surface area (TPSA) is 52.7 Å². The Kier molecular flexibility index (Phi) is 5.41. The van der Waals surface area contributed by atoms with Crippen molar-refractivity contribution < 1.29 is 9.59 Å². The largest absolute Gasteiger partial charge is 0.341 e. The summed E-state index contributed by atoms with van der Waals surface area (Å²) in [7, 11) is 0. The zero-order valence-electron chi connectivity index (χ0n) is 13.6. The fraction of sp³-hybridized carbons (Fsp3) is 0.529. The van der Waals surface area contributed by atoms with Gasteiger partial charge in [0.25, 0.3) is 0 Å². The minimum absolute atomic E-state index is 0.0755. The fourth-order valence-corrected chi connectivity index (χ4v) is 2.59. The van der Waals surface area contributed by atoms with Gasteiger partial charge in [0.05, 0.1) is 0 Å². The van der Waals surface area contributed by atoms with Crippen molar-refractivity contribution in [2.75, 3.05) is 31.5 Å². The van der Waals surface area contributed by atoms with Crippen molar-refractivity contribution in [3.8, 4) is 0 Å². The predicted molar refractivity (Wildman–Crippen MR) is 88.0 cm³/mol. The molecule has 1 fully saturated rings. The summed E-state index contributed by atoms with van der Waals surface area (Å²) in [5.74, 6) is 0.555. The Balaban J connectivity index is 1.92. The second-order valence-electron chi connectivity index (χ2n) is 6.05. The van der Waals surface area contributed by atoms with Gasteiger partial charge in [0.2, 0.25) is 5.91 Å². The van der Waals surface area contributed by atoms with Crippen molar-refractivity contribution in [1.82, 2.24) is 9.80 Å². The highest BCUT2D eigenvalue weighted by Crippen LogP contribution is 2.17. The van der Waals surface area contributed by atoms with E-state index in [0.717, 1.165) is 18.7 Å². The molecule has 1 aliphatic heterocycles. The van der Waals surface area contributed by atoms with E-state index in [2.05, 4.69) is 19.2 Å². The van der Waals surface area contributed by atoms with E-state index in [1.54, 1.807) is 16.7 Å². The Morgan fingerprint density at radius 1 is 1.00 bits per heavy atom. The van der Waals surface area contributed by atoms with Gasteiger partial charge in [-0.1, -0.05) is 26.0 Å². The lowest BCUT2D eigenvalue weighted by Crippen LogP contribution is -2.38. The molecule has 0 unspecified atom stereocenters. The van der Waals surface area contributed by atoms with E-state index in [1.807, 2.05) is 24.3 Å². The predicted octanol–water partition coefficient (Wildman–Crippen LogP) is 2.90. The first kappa shape index (κ1) is 16.3. The summed E-state index contributed by atoms with van der Waals surface area (Å²) in [6.07, 6.45) is 0.819. The van der Waals surface area contributed by atoms with Gasteiger partial charge in [-0.05, 0) is 30.0 Å². The molecule has 0 spiro atoms. The molecule has 1 N–H and O–H groups in total. The number of benzene rings is 1. The number of hydrogen-bond donors (Lipinski definition) is 1. The van der Waals surface area contributed by atoms with Gasteiger partial charge in [0, 0.05) is 38.8 Å². The number of nitrogens with zero attached hydrogens (tertiary/aromatic N) is 2. The van der Waals surface area contributed by atoms with Crippen LogP contribution in [-0.2, 0) is 4.79 Å². The number of urea groups is 1. The highest BCUT2D eigenvalue weighted by molar-refractivity contribution is 5.89. The van der Waals surface area contributed by atoms with Gasteiger partial charge in [0.15, 0.2) is 0 Å². The van der Waals surface area contributed by atoms with Crippen LogP contribution in [0.4, 0.5) is 10.5 Å². The molecule has 5 nitrogen and oxygen atoms in total. The van der Waals surface area contributed by atoms with Crippen LogP contribution in [0.5, 0.6) is 0 Å². The first-order chi connectivity index (χ1) is 10.5. The summed E-state index contributed by atoms with van der Waals surface area (Å²) in [6, 6.07) is 7.86. The Bertz CT molecular complexity index is 525. The van der Waals surface area contributed by atoms with Crippen LogP contribution >= 0.6 is 0 Å². The average Bonchev–Trinajstić information content (AvgIpc) is 2.73. The van der Waals surface area contributed by atoms with Crippen LogP contribution in [0.15, 0.2) is 24.3 Å². The highest BCUT2D eigenvalue weighted by atomic mass is 16.2. The third-order valence-electron chi connectivity index (χ3n) is 4.06. The molecule has 1 aromatic rings. The molecule has 120 valence electrons. The first-order valence-corrected chi connectivity index (χ1v) is 7.89. The Morgan fingerprint density at radius 3 is 2.18 bits per heavy atom. The Labute approximate surface area is 132 Å². The summed E-state index contributed by atoms with van der Waals surface area (Å²) in [4.78, 5) is 27.3. The molecule has 3 amide bonds. The van der Waals surface area contributed by atoms with Gasteiger partial charge in [0.1, 0.15) is 0 Å². The lowest BCUT2D eigenvalue weighted by atomic mass is 10.0. The molecular weight excluding hydrogens is 278 g/mol. The lowest BCUT2D eigenvalue weighted by Gasteiger charge is -2.22. The van der Waals surface area contributed by atoms with Crippen molar-refractivity contribution in [1.29, 1.82) is 0 Å². The average molecular weight is 303 g/mol. The Hall–Kier alpha value is -2.04. The highest BCUT2D eigenvalue weighted by Gasteiger charge is 2.20. The minimum Gasteiger partial charge on any atom is -0.341 e. The van der Waals surface area contributed by atoms with E-state index in [4.69, 9.17) is 0 Å². The van der Waals surface area contributed by atoms with Crippen LogP contribution in [0.3, 0.4) is 0 Å². The maximum Gasteiger partial charge on any atom is 0.321 e. The molecule has 0 atom stereocenters. The zero-order chi connectivity index (χ0) is 16.1. The van der Waals surface area contributed by atoms with E-state index in [0.29, 0.717) is 25.6 Å². The second kappa shape index (κ2) is 7.29. The number of amides is 3. The number of hydrogen-bond acceptors (Lipinski definition) is 2. The van der Waals surface area contributed by atoms with Crippen LogP contribution < -0.4 is 5.32 Å². The maximum absolute atomic E-state index is 12.3. The number of rotatable bonds is 2. The zero-order valence-corrected chi connectivity index (χ0v) is 13.6. The van der Waals surface area contributed by atoms with E-state index in [1.165, 1.54) is 5.56 Å². The van der Waals surface area contributed by atoms with Crippen LogP contribution in [0, 0.1) is 0 Å². The van der Waals surface area contributed by atoms with Gasteiger partial charge in [-0.2, -0.15) is 0 Å². The van der Waals surface area contributed by atoms with Crippen LogP contribution in [0.2, 0.25) is 0 Å². The molecule has 22 heavy (non-hydrogen) atoms. The summed E-state index contributed by atoms with van der Waals surface area (Å²) >= 11 is 0. The molecule has 0 aliphatic carbocycles. The summed E-state index contributed by atoms with van der Waals surface area (Å²) in [5, 5.41) is 2.93. The fourth-order valence-electron chi connectivity index (χ4n) is 2.59. The standard InChI is InChI=1S/C17H25N3O2/c1-13(2)15-5-7-16(8-6-15)18-17(22)20-10-4-9-19(11-12-20)14(3)21/h5-8,13H,4,9-12H2,1-3H3,(H,18,22). The summed E-state index contributed by atoms with van der Waals surface area (Å²) in [6.45, 7) is 8.45. The van der Waals surface area contributed by atoms with Gasteiger partial charge in [-0.25, -0.2) is 4.79 Å². The van der Waals surface area contributed by atoms with Gasteiger partial charge in [-0.3, -0.25) is 4.79 Å². The first-order valence-electron chi connectivity index (χ1n) is 7.89. The van der Waals surface area contributed by atoms with E-state index >= 15 is 0 Å². The normalized spacial score (nSPS) is 15.6. The summed E-state index contributed by atoms with van der Waals surface area (Å²) in [5.41, 5.74) is 2.06. The van der Waals surface area contributed by atoms with E-state index in [-0.39, 0.29) is 11.9 Å². The van der Waals surface area contributed by atoms with Gasteiger partial charge in [-0.15, -0.1) is 0 Å². The van der Waals surface area contributed by atoms with E-state index < -0.39 is 0 Å². The third kappa shape index (κ3) is 4.23. The van der Waals surface area contributed by atoms with Crippen LogP contribution in [0.25, 0.3) is 0 Å². The third-order valence-corrected chi connectivity index (χ3v) is 4.06. The van der Waals surface area contributed by atoms with Crippen molar-refractivity contribution in [3.63, 3.8) is 0 Å². The molecule has 0 bridgehead atoms. The van der Waals surface area contributed by atoms with Crippen molar-refractivity contribution in [2.45, 2.75) is 33.1 Å². The van der Waals surface area contributed by atoms with E-state index in [9.17, 15) is 9.59 Å². The van der Waals surface area contributed by atoms with Crippen LogP contribution in [0.1, 0.15) is 38.7 Å². The number of carbonyl (C=O) groups is 2. The molecule has 1 aromatic carbocycles. The van der Waals surface area contributed by atoms with Crippen molar-refractivity contribution in [3.05, 3.63) is 29.8 Å². The molecule has 0 saturated carbocycles. The minimum atomic E-state index is -0.0947. The smallest absolute Gasteiger partial charge is 0.321 e. The molecule has 1 heterocycles. The monoisotopic (exact) mass is 303 g/mol. The SMILES string of the molecule is CC(=O)N1CCCN(C(=O)Nc2ccc(C(C)C)cc2)CC1. The summed E-state index contributed by atoms with van der Waals surface area (Å²) < 4.78 is 0. The van der Waals surface area contributed by atoms with Gasteiger partial charge >= 0.3 is 6.03 Å². The molecule has 0 aromatic heterocycles. The molecule has 5 heteroatoms. The Morgan fingerprint density at radius 2 is 1.59 bits per heavy atom. The number of carbonyl (C=O) groups excluding carboxylic acids is 2. The van der Waals surface area contributed by atoms with Crippen molar-refractivity contribution in [2.24, 2.45) is 0 Å². The molecule has 1 aliphatic rings. The van der Waals surface area contributed by atoms with Gasteiger partial charge < -0.3 is 15.1 Å². The van der Waals surface area contributed by atoms with Crippen LogP contribution in [-0.4, -0.2) is 47.9 Å². The quantitative estimate of drug-likeness (QED) is 0.913. The number of nitrogens with one attached hydrogen (secondary N) is 1. The number of anilines is 1. The molecule has 1 saturated heterocycles. The molecule has 2 rings (SSSR count). The molecular formula is C17H25N3O2. The molecule has 0 radical (unpaired) electrons. The second-order valence-corrected chi connectivity index (χ2v) is 6.05. The lowest BCUT2D eigenvalue weighted by molar-refractivity contribution is -0.128. The van der Waals surface area contributed by atoms with Crippen molar-refractivity contribution >= 4 is 17.6 Å².